The summed E-state index contributed by atoms with van der Waals surface area (Å²) >= 11 is 0. The highest BCUT2D eigenvalue weighted by Crippen LogP contribution is 2.23. The van der Waals surface area contributed by atoms with E-state index in [-0.39, 0.29) is 0 Å². The maximum absolute atomic E-state index is 5.82. The van der Waals surface area contributed by atoms with Crippen molar-refractivity contribution in [2.45, 2.75) is 33.1 Å². The van der Waals surface area contributed by atoms with E-state index in [9.17, 15) is 0 Å². The molecule has 0 unspecified atom stereocenters. The molecule has 0 aromatic heterocycles. The first-order chi connectivity index (χ1) is 4.75. The van der Waals surface area contributed by atoms with Crippen LogP contribution in [0.2, 0.25) is 0 Å². The van der Waals surface area contributed by atoms with E-state index in [4.69, 9.17) is 5.73 Å². The van der Waals surface area contributed by atoms with Crippen molar-refractivity contribution in [2.24, 2.45) is 5.73 Å². The van der Waals surface area contributed by atoms with Gasteiger partial charge in [0.25, 0.3) is 0 Å². The summed E-state index contributed by atoms with van der Waals surface area (Å²) in [5, 5.41) is 0. The summed E-state index contributed by atoms with van der Waals surface area (Å²) in [5.41, 5.74) is 9.67. The summed E-state index contributed by atoms with van der Waals surface area (Å²) in [5.74, 6) is 0. The van der Waals surface area contributed by atoms with Crippen molar-refractivity contribution >= 4 is 0 Å². The van der Waals surface area contributed by atoms with Crippen molar-refractivity contribution in [1.82, 2.24) is 0 Å². The normalized spacial score (nSPS) is 19.2. The molecular formula is C9H15N. The van der Waals surface area contributed by atoms with Gasteiger partial charge < -0.3 is 5.73 Å². The lowest BCUT2D eigenvalue weighted by Gasteiger charge is -2.14. The molecule has 0 aromatic carbocycles. The maximum Gasteiger partial charge on any atom is 0.0119 e. The number of nitrogens with two attached hydrogens (primary N) is 1. The molecule has 1 heteroatoms. The minimum atomic E-state index is 1.06. The van der Waals surface area contributed by atoms with Crippen molar-refractivity contribution < 1.29 is 0 Å². The second-order valence-corrected chi connectivity index (χ2v) is 2.78. The highest BCUT2D eigenvalue weighted by Gasteiger charge is 2.07. The fraction of sp³-hybridized carbons (Fsp3) is 0.556. The summed E-state index contributed by atoms with van der Waals surface area (Å²) in [6.07, 6.45) is 5.53. The zero-order valence-electron chi connectivity index (χ0n) is 6.78. The van der Waals surface area contributed by atoms with Gasteiger partial charge in [-0.15, -0.1) is 0 Å². The molecule has 1 aliphatic carbocycles. The lowest BCUT2D eigenvalue weighted by atomic mass is 9.95. The van der Waals surface area contributed by atoms with E-state index >= 15 is 0 Å². The van der Waals surface area contributed by atoms with Crippen LogP contribution in [0.1, 0.15) is 33.1 Å². The highest BCUT2D eigenvalue weighted by atomic mass is 14.6. The molecule has 0 atom stereocenters. The second kappa shape index (κ2) is 2.91. The SMILES string of the molecule is CCC1=C(N)CCC=C1C. The molecule has 0 saturated carbocycles. The molecule has 1 nitrogen and oxygen atoms in total. The van der Waals surface area contributed by atoms with Crippen LogP contribution < -0.4 is 5.73 Å². The van der Waals surface area contributed by atoms with Gasteiger partial charge in [-0.05, 0) is 31.8 Å². The van der Waals surface area contributed by atoms with Crippen LogP contribution >= 0.6 is 0 Å². The summed E-state index contributed by atoms with van der Waals surface area (Å²) in [6.45, 7) is 4.30. The lowest BCUT2D eigenvalue weighted by molar-refractivity contribution is 0.874. The van der Waals surface area contributed by atoms with Crippen LogP contribution in [0.15, 0.2) is 22.9 Å². The van der Waals surface area contributed by atoms with Gasteiger partial charge in [-0.2, -0.15) is 0 Å². The number of hydrogen-bond donors (Lipinski definition) is 1. The number of hydrogen-bond acceptors (Lipinski definition) is 1. The van der Waals surface area contributed by atoms with Crippen LogP contribution in [0.25, 0.3) is 0 Å². The molecule has 2 N–H and O–H groups in total. The standard InChI is InChI=1S/C9H15N/c1-3-8-7(2)5-4-6-9(8)10/h5H,3-4,6,10H2,1-2H3. The van der Waals surface area contributed by atoms with E-state index in [0.717, 1.165) is 25.0 Å². The smallest absolute Gasteiger partial charge is 0.0119 e. The van der Waals surface area contributed by atoms with Crippen molar-refractivity contribution in [3.8, 4) is 0 Å². The first-order valence-corrected chi connectivity index (χ1v) is 3.90. The molecule has 1 rings (SSSR count). The van der Waals surface area contributed by atoms with Gasteiger partial charge in [-0.25, -0.2) is 0 Å². The van der Waals surface area contributed by atoms with Crippen molar-refractivity contribution in [3.63, 3.8) is 0 Å². The molecule has 0 radical (unpaired) electrons. The van der Waals surface area contributed by atoms with Crippen LogP contribution in [-0.4, -0.2) is 0 Å². The van der Waals surface area contributed by atoms with Crippen molar-refractivity contribution in [1.29, 1.82) is 0 Å². The molecule has 10 heavy (non-hydrogen) atoms. The van der Waals surface area contributed by atoms with Crippen LogP contribution in [0, 0.1) is 0 Å². The summed E-state index contributed by atoms with van der Waals surface area (Å²) in [7, 11) is 0. The number of rotatable bonds is 1. The van der Waals surface area contributed by atoms with Gasteiger partial charge >= 0.3 is 0 Å². The zero-order valence-corrected chi connectivity index (χ0v) is 6.78. The number of allylic oxidation sites excluding steroid dienone is 4. The monoisotopic (exact) mass is 137 g/mol. The minimum Gasteiger partial charge on any atom is -0.402 e. The third-order valence-corrected chi connectivity index (χ3v) is 2.08. The largest absolute Gasteiger partial charge is 0.402 e. The Morgan fingerprint density at radius 1 is 1.60 bits per heavy atom. The zero-order chi connectivity index (χ0) is 7.56. The first kappa shape index (κ1) is 7.39. The van der Waals surface area contributed by atoms with Gasteiger partial charge in [0.1, 0.15) is 0 Å². The molecule has 0 fully saturated rings. The van der Waals surface area contributed by atoms with E-state index < -0.39 is 0 Å². The Hall–Kier alpha value is -0.720. The average Bonchev–Trinajstić information content (AvgIpc) is 1.88. The molecule has 0 saturated heterocycles. The Bertz CT molecular complexity index is 187. The van der Waals surface area contributed by atoms with E-state index in [0.29, 0.717) is 0 Å². The third-order valence-electron chi connectivity index (χ3n) is 2.08. The molecular weight excluding hydrogens is 122 g/mol. The fourth-order valence-corrected chi connectivity index (χ4v) is 1.48. The second-order valence-electron chi connectivity index (χ2n) is 2.78. The Labute approximate surface area is 62.6 Å². The summed E-state index contributed by atoms with van der Waals surface area (Å²) in [6, 6.07) is 0. The Kier molecular flexibility index (Phi) is 2.15. The quantitative estimate of drug-likeness (QED) is 0.590. The average molecular weight is 137 g/mol. The van der Waals surface area contributed by atoms with E-state index in [2.05, 4.69) is 19.9 Å². The Morgan fingerprint density at radius 2 is 2.30 bits per heavy atom. The van der Waals surface area contributed by atoms with Gasteiger partial charge in [-0.3, -0.25) is 0 Å². The van der Waals surface area contributed by atoms with Crippen molar-refractivity contribution in [2.75, 3.05) is 0 Å². The topological polar surface area (TPSA) is 26.0 Å². The van der Waals surface area contributed by atoms with E-state index in [1.807, 2.05) is 0 Å². The molecule has 0 spiro atoms. The molecule has 0 aromatic rings. The van der Waals surface area contributed by atoms with Gasteiger partial charge in [0.2, 0.25) is 0 Å². The summed E-state index contributed by atoms with van der Waals surface area (Å²) < 4.78 is 0. The van der Waals surface area contributed by atoms with Crippen LogP contribution in [-0.2, 0) is 0 Å². The van der Waals surface area contributed by atoms with E-state index in [1.165, 1.54) is 11.1 Å². The van der Waals surface area contributed by atoms with Crippen LogP contribution in [0.5, 0.6) is 0 Å². The summed E-state index contributed by atoms with van der Waals surface area (Å²) in [4.78, 5) is 0. The Morgan fingerprint density at radius 3 is 2.70 bits per heavy atom. The molecule has 0 aliphatic heterocycles. The van der Waals surface area contributed by atoms with Crippen molar-refractivity contribution in [3.05, 3.63) is 22.9 Å². The molecule has 56 valence electrons. The lowest BCUT2D eigenvalue weighted by Crippen LogP contribution is -2.06. The predicted octanol–water partition coefficient (Wildman–Crippen LogP) is 2.35. The molecule has 1 aliphatic rings. The molecule has 0 bridgehead atoms. The molecule has 0 heterocycles. The highest BCUT2D eigenvalue weighted by molar-refractivity contribution is 5.35. The maximum atomic E-state index is 5.82. The fourth-order valence-electron chi connectivity index (χ4n) is 1.48. The van der Waals surface area contributed by atoms with Gasteiger partial charge in [0.15, 0.2) is 0 Å². The van der Waals surface area contributed by atoms with Gasteiger partial charge in [-0.1, -0.05) is 18.6 Å². The van der Waals surface area contributed by atoms with Crippen LogP contribution in [0.4, 0.5) is 0 Å². The van der Waals surface area contributed by atoms with Crippen LogP contribution in [0.3, 0.4) is 0 Å². The predicted molar refractivity (Wildman–Crippen MR) is 44.5 cm³/mol. The molecule has 0 amide bonds. The first-order valence-electron chi connectivity index (χ1n) is 3.90. The minimum absolute atomic E-state index is 1.06. The van der Waals surface area contributed by atoms with Gasteiger partial charge in [0, 0.05) is 5.70 Å². The van der Waals surface area contributed by atoms with E-state index in [1.54, 1.807) is 0 Å². The Balaban J connectivity index is 2.87. The van der Waals surface area contributed by atoms with Gasteiger partial charge in [0.05, 0.1) is 0 Å². The third kappa shape index (κ3) is 1.23.